The Bertz CT molecular complexity index is 493. The van der Waals surface area contributed by atoms with Crippen LogP contribution in [0.15, 0.2) is 12.1 Å². The number of benzene rings is 1. The molecule has 0 aliphatic heterocycles. The Hall–Kier alpha value is -1.50. The normalized spacial score (nSPS) is 15.3. The van der Waals surface area contributed by atoms with Crippen molar-refractivity contribution in [1.82, 2.24) is 0 Å². The van der Waals surface area contributed by atoms with E-state index in [9.17, 15) is 26.7 Å². The van der Waals surface area contributed by atoms with Crippen LogP contribution in [0.1, 0.15) is 22.8 Å². The highest BCUT2D eigenvalue weighted by molar-refractivity contribution is 6.04. The predicted molar refractivity (Wildman–Crippen MR) is 54.1 cm³/mol. The third kappa shape index (κ3) is 2.22. The van der Waals surface area contributed by atoms with Crippen LogP contribution < -0.4 is 5.73 Å². The maximum atomic E-state index is 13.5. The van der Waals surface area contributed by atoms with E-state index in [0.717, 1.165) is 12.1 Å². The SMILES string of the molecule is Cc1ccc(F)c(C(=O)C(C)(N)C(F)(F)F)c1F. The van der Waals surface area contributed by atoms with E-state index in [4.69, 9.17) is 5.73 Å². The van der Waals surface area contributed by atoms with E-state index in [2.05, 4.69) is 0 Å². The lowest BCUT2D eigenvalue weighted by atomic mass is 9.90. The molecule has 1 aromatic carbocycles. The van der Waals surface area contributed by atoms with Gasteiger partial charge >= 0.3 is 6.18 Å². The molecule has 1 aromatic rings. The number of hydrogen-bond donors (Lipinski definition) is 1. The zero-order valence-corrected chi connectivity index (χ0v) is 9.53. The first-order chi connectivity index (χ1) is 8.00. The molecule has 0 bridgehead atoms. The van der Waals surface area contributed by atoms with Gasteiger partial charge in [0, 0.05) is 0 Å². The summed E-state index contributed by atoms with van der Waals surface area (Å²) in [6.07, 6.45) is -5.10. The van der Waals surface area contributed by atoms with Gasteiger partial charge in [-0.1, -0.05) is 6.07 Å². The van der Waals surface area contributed by atoms with Crippen molar-refractivity contribution in [2.45, 2.75) is 25.6 Å². The van der Waals surface area contributed by atoms with Crippen LogP contribution in [-0.4, -0.2) is 17.5 Å². The van der Waals surface area contributed by atoms with E-state index >= 15 is 0 Å². The second-order valence-corrected chi connectivity index (χ2v) is 4.08. The maximum Gasteiger partial charge on any atom is 0.413 e. The fourth-order valence-electron chi connectivity index (χ4n) is 1.25. The monoisotopic (exact) mass is 267 g/mol. The van der Waals surface area contributed by atoms with Crippen molar-refractivity contribution in [2.24, 2.45) is 5.73 Å². The standard InChI is InChI=1S/C11H10F5NO/c1-5-3-4-6(12)7(8(5)13)9(18)10(2,17)11(14,15)16/h3-4H,17H2,1-2H3. The summed E-state index contributed by atoms with van der Waals surface area (Å²) in [6, 6.07) is 1.74. The first kappa shape index (κ1) is 14.6. The molecule has 1 rings (SSSR count). The largest absolute Gasteiger partial charge is 0.413 e. The molecule has 0 aromatic heterocycles. The number of halogens is 5. The molecule has 0 fully saturated rings. The Labute approximate surface area is 99.6 Å². The highest BCUT2D eigenvalue weighted by Gasteiger charge is 2.55. The van der Waals surface area contributed by atoms with Gasteiger partial charge in [-0.05, 0) is 25.5 Å². The van der Waals surface area contributed by atoms with Crippen LogP contribution in [0.2, 0.25) is 0 Å². The van der Waals surface area contributed by atoms with E-state index in [1.807, 2.05) is 0 Å². The summed E-state index contributed by atoms with van der Waals surface area (Å²) in [6.45, 7) is 1.57. The van der Waals surface area contributed by atoms with Crippen LogP contribution in [0.4, 0.5) is 22.0 Å². The molecule has 0 heterocycles. The van der Waals surface area contributed by atoms with Crippen molar-refractivity contribution < 1.29 is 26.7 Å². The number of Topliss-reactive ketones (excluding diaryl/α,β-unsaturated/α-hetero) is 1. The molecule has 0 radical (unpaired) electrons. The van der Waals surface area contributed by atoms with Gasteiger partial charge in [-0.2, -0.15) is 13.2 Å². The highest BCUT2D eigenvalue weighted by Crippen LogP contribution is 2.32. The van der Waals surface area contributed by atoms with Crippen molar-refractivity contribution in [3.05, 3.63) is 34.9 Å². The van der Waals surface area contributed by atoms with E-state index in [-0.39, 0.29) is 5.56 Å². The summed E-state index contributed by atoms with van der Waals surface area (Å²) in [5.74, 6) is -4.54. The molecule has 7 heteroatoms. The summed E-state index contributed by atoms with van der Waals surface area (Å²) < 4.78 is 64.5. The molecule has 100 valence electrons. The van der Waals surface area contributed by atoms with Crippen molar-refractivity contribution in [3.8, 4) is 0 Å². The van der Waals surface area contributed by atoms with Crippen molar-refractivity contribution in [1.29, 1.82) is 0 Å². The van der Waals surface area contributed by atoms with Gasteiger partial charge in [0.25, 0.3) is 0 Å². The molecule has 2 N–H and O–H groups in total. The van der Waals surface area contributed by atoms with Gasteiger partial charge in [0.1, 0.15) is 11.6 Å². The van der Waals surface area contributed by atoms with Gasteiger partial charge in [-0.25, -0.2) is 8.78 Å². The average molecular weight is 267 g/mol. The van der Waals surface area contributed by atoms with Gasteiger partial charge < -0.3 is 5.73 Å². The van der Waals surface area contributed by atoms with Crippen LogP contribution in [0.3, 0.4) is 0 Å². The lowest BCUT2D eigenvalue weighted by Crippen LogP contribution is -2.57. The molecule has 1 unspecified atom stereocenters. The minimum absolute atomic E-state index is 0.141. The summed E-state index contributed by atoms with van der Waals surface area (Å²) in [5, 5.41) is 0. The molecular formula is C11H10F5NO. The molecule has 18 heavy (non-hydrogen) atoms. The predicted octanol–water partition coefficient (Wildman–Crippen LogP) is 2.74. The molecule has 0 amide bonds. The average Bonchev–Trinajstić information content (AvgIpc) is 2.22. The first-order valence-electron chi connectivity index (χ1n) is 4.85. The van der Waals surface area contributed by atoms with Gasteiger partial charge in [-0.15, -0.1) is 0 Å². The summed E-state index contributed by atoms with van der Waals surface area (Å²) in [4.78, 5) is 11.6. The van der Waals surface area contributed by atoms with Crippen molar-refractivity contribution in [2.75, 3.05) is 0 Å². The second-order valence-electron chi connectivity index (χ2n) is 4.08. The zero-order valence-electron chi connectivity index (χ0n) is 9.53. The van der Waals surface area contributed by atoms with Gasteiger partial charge in [0.15, 0.2) is 11.3 Å². The number of rotatable bonds is 2. The molecule has 0 saturated heterocycles. The van der Waals surface area contributed by atoms with Crippen molar-refractivity contribution in [3.63, 3.8) is 0 Å². The van der Waals surface area contributed by atoms with Crippen LogP contribution in [-0.2, 0) is 0 Å². The molecule has 0 spiro atoms. The number of alkyl halides is 3. The van der Waals surface area contributed by atoms with Gasteiger partial charge in [-0.3, -0.25) is 4.79 Å². The smallest absolute Gasteiger partial charge is 0.311 e. The Morgan fingerprint density at radius 2 is 1.72 bits per heavy atom. The minimum atomic E-state index is -5.10. The Morgan fingerprint density at radius 1 is 1.22 bits per heavy atom. The summed E-state index contributed by atoms with van der Waals surface area (Å²) >= 11 is 0. The lowest BCUT2D eigenvalue weighted by molar-refractivity contribution is -0.166. The van der Waals surface area contributed by atoms with Gasteiger partial charge in [0.05, 0.1) is 5.56 Å². The fourth-order valence-corrected chi connectivity index (χ4v) is 1.25. The van der Waals surface area contributed by atoms with E-state index in [1.54, 1.807) is 0 Å². The van der Waals surface area contributed by atoms with E-state index in [1.165, 1.54) is 6.92 Å². The molecular weight excluding hydrogens is 257 g/mol. The number of hydrogen-bond acceptors (Lipinski definition) is 2. The zero-order chi connectivity index (χ0) is 14.3. The Balaban J connectivity index is 3.41. The number of carbonyl (C=O) groups excluding carboxylic acids is 1. The third-order valence-corrected chi connectivity index (χ3v) is 2.57. The number of aryl methyl sites for hydroxylation is 1. The Morgan fingerprint density at radius 3 is 2.17 bits per heavy atom. The second kappa shape index (κ2) is 4.31. The Kier molecular flexibility index (Phi) is 3.49. The minimum Gasteiger partial charge on any atom is -0.311 e. The van der Waals surface area contributed by atoms with E-state index < -0.39 is 34.7 Å². The highest BCUT2D eigenvalue weighted by atomic mass is 19.4. The maximum absolute atomic E-state index is 13.5. The topological polar surface area (TPSA) is 43.1 Å². The quantitative estimate of drug-likeness (QED) is 0.661. The molecule has 0 aliphatic carbocycles. The fraction of sp³-hybridized carbons (Fsp3) is 0.364. The van der Waals surface area contributed by atoms with Crippen LogP contribution in [0, 0.1) is 18.6 Å². The summed E-state index contributed by atoms with van der Waals surface area (Å²) in [7, 11) is 0. The molecule has 2 nitrogen and oxygen atoms in total. The molecule has 1 atom stereocenters. The number of ketones is 1. The van der Waals surface area contributed by atoms with Crippen LogP contribution >= 0.6 is 0 Å². The third-order valence-electron chi connectivity index (χ3n) is 2.57. The van der Waals surface area contributed by atoms with Crippen molar-refractivity contribution >= 4 is 5.78 Å². The molecule has 0 aliphatic rings. The van der Waals surface area contributed by atoms with Crippen LogP contribution in [0.25, 0.3) is 0 Å². The number of nitrogens with two attached hydrogens (primary N) is 1. The van der Waals surface area contributed by atoms with Crippen LogP contribution in [0.5, 0.6) is 0 Å². The molecule has 0 saturated carbocycles. The summed E-state index contributed by atoms with van der Waals surface area (Å²) in [5.41, 5.74) is 0.0972. The lowest BCUT2D eigenvalue weighted by Gasteiger charge is -2.26. The first-order valence-corrected chi connectivity index (χ1v) is 4.85. The van der Waals surface area contributed by atoms with Gasteiger partial charge in [0.2, 0.25) is 0 Å². The number of carbonyl (C=O) groups is 1. The van der Waals surface area contributed by atoms with E-state index in [0.29, 0.717) is 6.92 Å².